The molecule has 3 heterocycles. The highest BCUT2D eigenvalue weighted by molar-refractivity contribution is 9.10. The van der Waals surface area contributed by atoms with Gasteiger partial charge in [-0.15, -0.1) is 5.10 Å². The summed E-state index contributed by atoms with van der Waals surface area (Å²) in [5.74, 6) is 1.09. The van der Waals surface area contributed by atoms with E-state index in [4.69, 9.17) is 9.47 Å². The highest BCUT2D eigenvalue weighted by atomic mass is 79.9. The Morgan fingerprint density at radius 1 is 1.50 bits per heavy atom. The molecule has 5 nitrogen and oxygen atoms in total. The third-order valence-corrected chi connectivity index (χ3v) is 3.56. The minimum absolute atomic E-state index is 0.475. The van der Waals surface area contributed by atoms with Gasteiger partial charge >= 0.3 is 0 Å². The smallest absolute Gasteiger partial charge is 0.231 e. The van der Waals surface area contributed by atoms with E-state index < -0.39 is 0 Å². The SMILES string of the molecule is Brc1cnc2ccc(OC[C@H]3CCCOC3)nn12. The maximum absolute atomic E-state index is 5.72. The van der Waals surface area contributed by atoms with Crippen molar-refractivity contribution in [1.82, 2.24) is 14.6 Å². The second kappa shape index (κ2) is 5.24. The van der Waals surface area contributed by atoms with E-state index in [1.165, 1.54) is 0 Å². The summed E-state index contributed by atoms with van der Waals surface area (Å²) in [6.45, 7) is 2.32. The molecule has 6 heteroatoms. The van der Waals surface area contributed by atoms with Gasteiger partial charge in [-0.2, -0.15) is 0 Å². The third kappa shape index (κ3) is 2.49. The van der Waals surface area contributed by atoms with Crippen molar-refractivity contribution in [2.24, 2.45) is 5.92 Å². The van der Waals surface area contributed by atoms with E-state index in [9.17, 15) is 0 Å². The van der Waals surface area contributed by atoms with Gasteiger partial charge in [-0.1, -0.05) is 0 Å². The number of halogens is 1. The van der Waals surface area contributed by atoms with Crippen molar-refractivity contribution in [3.05, 3.63) is 22.9 Å². The maximum atomic E-state index is 5.72. The monoisotopic (exact) mass is 311 g/mol. The highest BCUT2D eigenvalue weighted by Crippen LogP contribution is 2.17. The highest BCUT2D eigenvalue weighted by Gasteiger charge is 2.15. The average molecular weight is 312 g/mol. The summed E-state index contributed by atoms with van der Waals surface area (Å²) >= 11 is 3.39. The lowest BCUT2D eigenvalue weighted by molar-refractivity contribution is 0.0342. The molecule has 0 amide bonds. The number of aromatic nitrogens is 3. The Hall–Kier alpha value is -1.14. The first-order valence-corrected chi connectivity index (χ1v) is 6.83. The molecule has 0 radical (unpaired) electrons. The van der Waals surface area contributed by atoms with E-state index in [2.05, 4.69) is 26.0 Å². The van der Waals surface area contributed by atoms with Gasteiger partial charge in [0.25, 0.3) is 0 Å². The van der Waals surface area contributed by atoms with Gasteiger partial charge < -0.3 is 9.47 Å². The van der Waals surface area contributed by atoms with Crippen LogP contribution < -0.4 is 4.74 Å². The van der Waals surface area contributed by atoms with Crippen LogP contribution in [0, 0.1) is 5.92 Å². The van der Waals surface area contributed by atoms with Crippen LogP contribution >= 0.6 is 15.9 Å². The number of ether oxygens (including phenoxy) is 2. The Balaban J connectivity index is 1.68. The van der Waals surface area contributed by atoms with Gasteiger partial charge in [-0.05, 0) is 34.8 Å². The lowest BCUT2D eigenvalue weighted by Gasteiger charge is -2.21. The van der Waals surface area contributed by atoms with E-state index in [1.54, 1.807) is 10.7 Å². The van der Waals surface area contributed by atoms with Gasteiger partial charge in [0.15, 0.2) is 5.65 Å². The first kappa shape index (κ1) is 11.9. The van der Waals surface area contributed by atoms with Crippen molar-refractivity contribution in [3.8, 4) is 5.88 Å². The van der Waals surface area contributed by atoms with Crippen LogP contribution in [0.15, 0.2) is 22.9 Å². The van der Waals surface area contributed by atoms with Crippen LogP contribution in [-0.4, -0.2) is 34.4 Å². The normalized spacial score (nSPS) is 20.2. The quantitative estimate of drug-likeness (QED) is 0.872. The Labute approximate surface area is 113 Å². The van der Waals surface area contributed by atoms with Gasteiger partial charge in [-0.3, -0.25) is 0 Å². The van der Waals surface area contributed by atoms with Crippen LogP contribution in [0.3, 0.4) is 0 Å². The zero-order chi connectivity index (χ0) is 12.4. The summed E-state index contributed by atoms with van der Waals surface area (Å²) in [5.41, 5.74) is 0.801. The molecule has 1 aliphatic rings. The number of rotatable bonds is 3. The van der Waals surface area contributed by atoms with Crippen LogP contribution in [0.25, 0.3) is 5.65 Å². The third-order valence-electron chi connectivity index (χ3n) is 3.02. The number of imidazole rings is 1. The summed E-state index contributed by atoms with van der Waals surface area (Å²) in [6, 6.07) is 3.74. The van der Waals surface area contributed by atoms with E-state index in [0.717, 1.165) is 36.3 Å². The fourth-order valence-electron chi connectivity index (χ4n) is 2.05. The number of nitrogens with zero attached hydrogens (tertiary/aromatic N) is 3. The van der Waals surface area contributed by atoms with Crippen molar-refractivity contribution in [1.29, 1.82) is 0 Å². The van der Waals surface area contributed by atoms with E-state index in [-0.39, 0.29) is 0 Å². The minimum Gasteiger partial charge on any atom is -0.476 e. The van der Waals surface area contributed by atoms with Gasteiger partial charge in [0.2, 0.25) is 5.88 Å². The molecule has 0 saturated carbocycles. The first-order valence-electron chi connectivity index (χ1n) is 6.04. The topological polar surface area (TPSA) is 48.7 Å². The minimum atomic E-state index is 0.475. The summed E-state index contributed by atoms with van der Waals surface area (Å²) in [6.07, 6.45) is 4.01. The van der Waals surface area contributed by atoms with Crippen LogP contribution in [0.4, 0.5) is 0 Å². The Kier molecular flexibility index (Phi) is 3.47. The largest absolute Gasteiger partial charge is 0.476 e. The van der Waals surface area contributed by atoms with Gasteiger partial charge in [0.1, 0.15) is 4.60 Å². The number of fused-ring (bicyclic) bond motifs is 1. The average Bonchev–Trinajstić information content (AvgIpc) is 2.79. The molecule has 3 rings (SSSR count). The predicted molar refractivity (Wildman–Crippen MR) is 69.7 cm³/mol. The molecule has 2 aromatic rings. The van der Waals surface area contributed by atoms with Gasteiger partial charge in [-0.25, -0.2) is 9.50 Å². The molecule has 0 aromatic carbocycles. The fraction of sp³-hybridized carbons (Fsp3) is 0.500. The summed E-state index contributed by atoms with van der Waals surface area (Å²) in [4.78, 5) is 4.19. The molecule has 18 heavy (non-hydrogen) atoms. The van der Waals surface area contributed by atoms with E-state index >= 15 is 0 Å². The van der Waals surface area contributed by atoms with Crippen LogP contribution in [0.5, 0.6) is 5.88 Å². The molecule has 0 N–H and O–H groups in total. The maximum Gasteiger partial charge on any atom is 0.231 e. The summed E-state index contributed by atoms with van der Waals surface area (Å²) in [7, 11) is 0. The fourth-order valence-corrected chi connectivity index (χ4v) is 2.41. The summed E-state index contributed by atoms with van der Waals surface area (Å²) < 4.78 is 13.7. The standard InChI is InChI=1S/C12H14BrN3O2/c13-10-6-14-11-3-4-12(15-16(10)11)18-8-9-2-1-5-17-7-9/h3-4,6,9H,1-2,5,7-8H2/t9-/m0/s1. The predicted octanol–water partition coefficient (Wildman–Crippen LogP) is 2.30. The molecule has 0 bridgehead atoms. The second-order valence-electron chi connectivity index (χ2n) is 4.42. The van der Waals surface area contributed by atoms with Crippen LogP contribution in [0.2, 0.25) is 0 Å². The van der Waals surface area contributed by atoms with Crippen LogP contribution in [0.1, 0.15) is 12.8 Å². The molecular formula is C12H14BrN3O2. The van der Waals surface area contributed by atoms with Crippen molar-refractivity contribution in [3.63, 3.8) is 0 Å². The van der Waals surface area contributed by atoms with Crippen molar-refractivity contribution < 1.29 is 9.47 Å². The summed E-state index contributed by atoms with van der Waals surface area (Å²) in [5, 5.41) is 4.36. The molecule has 1 fully saturated rings. The molecule has 0 spiro atoms. The van der Waals surface area contributed by atoms with Crippen molar-refractivity contribution >= 4 is 21.6 Å². The molecule has 1 atom stereocenters. The van der Waals surface area contributed by atoms with E-state index in [1.807, 2.05) is 12.1 Å². The molecular weight excluding hydrogens is 298 g/mol. The molecule has 1 saturated heterocycles. The molecule has 2 aromatic heterocycles. The second-order valence-corrected chi connectivity index (χ2v) is 5.23. The Morgan fingerprint density at radius 2 is 2.44 bits per heavy atom. The molecule has 0 unspecified atom stereocenters. The molecule has 96 valence electrons. The van der Waals surface area contributed by atoms with Crippen molar-refractivity contribution in [2.75, 3.05) is 19.8 Å². The lowest BCUT2D eigenvalue weighted by atomic mass is 10.0. The Bertz CT molecular complexity index is 537. The molecule has 1 aliphatic heterocycles. The Morgan fingerprint density at radius 3 is 3.28 bits per heavy atom. The molecule has 0 aliphatic carbocycles. The zero-order valence-electron chi connectivity index (χ0n) is 9.88. The first-order chi connectivity index (χ1) is 8.83. The van der Waals surface area contributed by atoms with E-state index in [0.29, 0.717) is 18.4 Å². The van der Waals surface area contributed by atoms with Crippen molar-refractivity contribution in [2.45, 2.75) is 12.8 Å². The van der Waals surface area contributed by atoms with Gasteiger partial charge in [0.05, 0.1) is 19.4 Å². The van der Waals surface area contributed by atoms with Gasteiger partial charge in [0, 0.05) is 18.6 Å². The number of hydrogen-bond acceptors (Lipinski definition) is 4. The lowest BCUT2D eigenvalue weighted by Crippen LogP contribution is -2.23. The number of hydrogen-bond donors (Lipinski definition) is 0. The van der Waals surface area contributed by atoms with Crippen LogP contribution in [-0.2, 0) is 4.74 Å². The zero-order valence-corrected chi connectivity index (χ0v) is 11.5.